The highest BCUT2D eigenvalue weighted by Crippen LogP contribution is 2.20. The molecule has 0 fully saturated rings. The molecule has 2 rings (SSSR count). The Bertz CT molecular complexity index is 335. The van der Waals surface area contributed by atoms with Gasteiger partial charge >= 0.3 is 0 Å². The fraction of sp³-hybridized carbons (Fsp3) is 0.273. The van der Waals surface area contributed by atoms with Crippen molar-refractivity contribution in [2.24, 2.45) is 0 Å². The van der Waals surface area contributed by atoms with Gasteiger partial charge in [-0.3, -0.25) is 0 Å². The fourth-order valence-electron chi connectivity index (χ4n) is 1.51. The van der Waals surface area contributed by atoms with E-state index in [1.54, 1.807) is 0 Å². The van der Waals surface area contributed by atoms with E-state index in [1.807, 2.05) is 0 Å². The van der Waals surface area contributed by atoms with Gasteiger partial charge in [0, 0.05) is 11.4 Å². The predicted molar refractivity (Wildman–Crippen MR) is 51.4 cm³/mol. The van der Waals surface area contributed by atoms with Crippen LogP contribution in [-0.4, -0.2) is 4.98 Å². The second kappa shape index (κ2) is 3.02. The Balaban J connectivity index is 2.40. The molecule has 1 nitrogen and oxygen atoms in total. The van der Waals surface area contributed by atoms with Crippen molar-refractivity contribution in [1.82, 2.24) is 4.98 Å². The first-order valence-corrected chi connectivity index (χ1v) is 4.47. The maximum atomic E-state index is 3.41. The first kappa shape index (κ1) is 7.41. The normalized spacial score (nSPS) is 10.8. The molecule has 0 aromatic rings. The van der Waals surface area contributed by atoms with Crippen molar-refractivity contribution < 1.29 is 0 Å². The Morgan fingerprint density at radius 3 is 2.92 bits per heavy atom. The van der Waals surface area contributed by atoms with Crippen LogP contribution in [0.5, 0.6) is 0 Å². The first-order chi connectivity index (χ1) is 5.90. The average molecular weight is 159 g/mol. The Kier molecular flexibility index (Phi) is 1.86. The molecule has 0 saturated heterocycles. The highest BCUT2D eigenvalue weighted by Gasteiger charge is 2.01. The van der Waals surface area contributed by atoms with E-state index >= 15 is 0 Å². The number of aryl methyl sites for hydroxylation is 1. The molecular formula is C11H13N. The highest BCUT2D eigenvalue weighted by molar-refractivity contribution is 5.62. The molecule has 1 aliphatic carbocycles. The summed E-state index contributed by atoms with van der Waals surface area (Å²) in [7, 11) is 0. The van der Waals surface area contributed by atoms with E-state index in [1.165, 1.54) is 23.4 Å². The zero-order valence-corrected chi connectivity index (χ0v) is 7.30. The lowest BCUT2D eigenvalue weighted by Crippen LogP contribution is -1.90. The molecule has 0 amide bonds. The topological polar surface area (TPSA) is 15.8 Å². The van der Waals surface area contributed by atoms with E-state index in [9.17, 15) is 0 Å². The van der Waals surface area contributed by atoms with Gasteiger partial charge in [0.15, 0.2) is 0 Å². The molecular weight excluding hydrogens is 146 g/mol. The number of nitrogens with one attached hydrogen (secondary N) is 1. The largest absolute Gasteiger partial charge is 0.358 e. The summed E-state index contributed by atoms with van der Waals surface area (Å²) >= 11 is 0. The molecule has 1 heteroatoms. The first-order valence-electron chi connectivity index (χ1n) is 4.47. The van der Waals surface area contributed by atoms with Gasteiger partial charge in [-0.15, -0.1) is 0 Å². The molecule has 62 valence electrons. The summed E-state index contributed by atoms with van der Waals surface area (Å²) in [5, 5.41) is 0. The Labute approximate surface area is 72.8 Å². The van der Waals surface area contributed by atoms with Crippen molar-refractivity contribution in [2.45, 2.75) is 19.8 Å². The van der Waals surface area contributed by atoms with Crippen LogP contribution in [0.2, 0.25) is 0 Å². The summed E-state index contributed by atoms with van der Waals surface area (Å²) < 4.78 is 0. The van der Waals surface area contributed by atoms with Crippen LogP contribution in [0, 0.1) is 0 Å². The quantitative estimate of drug-likeness (QED) is 0.693. The van der Waals surface area contributed by atoms with Gasteiger partial charge in [0.2, 0.25) is 0 Å². The van der Waals surface area contributed by atoms with Gasteiger partial charge in [-0.25, -0.2) is 0 Å². The van der Waals surface area contributed by atoms with Crippen LogP contribution in [0.25, 0.3) is 11.3 Å². The van der Waals surface area contributed by atoms with E-state index in [-0.39, 0.29) is 0 Å². The number of fused-ring (bicyclic) bond motifs is 1. The molecule has 1 aliphatic heterocycles. The lowest BCUT2D eigenvalue weighted by molar-refractivity contribution is 0.884. The number of hydrogen-bond acceptors (Lipinski definition) is 0. The zero-order chi connectivity index (χ0) is 8.39. The predicted octanol–water partition coefficient (Wildman–Crippen LogP) is 3.07. The maximum Gasteiger partial charge on any atom is 0.0455 e. The standard InChI is InChI=1S/C11H13N/c1-2-4-10-8-7-9-5-3-6-11(9)12-10/h3,5-8,12H,2,4H2,1H3. The summed E-state index contributed by atoms with van der Waals surface area (Å²) in [6.07, 6.45) is 2.34. The van der Waals surface area contributed by atoms with Gasteiger partial charge in [0.25, 0.3) is 0 Å². The van der Waals surface area contributed by atoms with E-state index in [0.717, 1.165) is 6.42 Å². The number of hydrogen-bond donors (Lipinski definition) is 1. The lowest BCUT2D eigenvalue weighted by atomic mass is 10.1. The SMILES string of the molecule is CCCc1ccc2cccc-2[nH]1. The number of rotatable bonds is 2. The van der Waals surface area contributed by atoms with Gasteiger partial charge in [0.1, 0.15) is 0 Å². The van der Waals surface area contributed by atoms with Crippen LogP contribution >= 0.6 is 0 Å². The minimum Gasteiger partial charge on any atom is -0.358 e. The van der Waals surface area contributed by atoms with Crippen molar-refractivity contribution >= 4 is 0 Å². The molecule has 0 atom stereocenters. The molecule has 0 bridgehead atoms. The van der Waals surface area contributed by atoms with E-state index < -0.39 is 0 Å². The number of H-pyrrole nitrogens is 1. The van der Waals surface area contributed by atoms with Crippen LogP contribution in [0.15, 0.2) is 30.3 Å². The van der Waals surface area contributed by atoms with Gasteiger partial charge in [-0.1, -0.05) is 31.5 Å². The monoisotopic (exact) mass is 159 g/mol. The fourth-order valence-corrected chi connectivity index (χ4v) is 1.51. The summed E-state index contributed by atoms with van der Waals surface area (Å²) in [6, 6.07) is 10.7. The summed E-state index contributed by atoms with van der Waals surface area (Å²) in [6.45, 7) is 2.20. The van der Waals surface area contributed by atoms with Crippen molar-refractivity contribution in [3.8, 4) is 11.3 Å². The summed E-state index contributed by atoms with van der Waals surface area (Å²) in [4.78, 5) is 3.41. The van der Waals surface area contributed by atoms with Crippen LogP contribution in [0.3, 0.4) is 0 Å². The minimum atomic E-state index is 1.14. The van der Waals surface area contributed by atoms with Crippen LogP contribution in [0.4, 0.5) is 0 Å². The van der Waals surface area contributed by atoms with E-state index in [2.05, 4.69) is 42.2 Å². The molecule has 0 saturated carbocycles. The highest BCUT2D eigenvalue weighted by atomic mass is 14.7. The molecule has 1 heterocycles. The van der Waals surface area contributed by atoms with Crippen molar-refractivity contribution in [2.75, 3.05) is 0 Å². The van der Waals surface area contributed by atoms with E-state index in [0.29, 0.717) is 0 Å². The molecule has 0 aromatic heterocycles. The number of aromatic amines is 1. The van der Waals surface area contributed by atoms with E-state index in [4.69, 9.17) is 0 Å². The molecule has 0 spiro atoms. The Morgan fingerprint density at radius 2 is 2.08 bits per heavy atom. The van der Waals surface area contributed by atoms with Gasteiger partial charge < -0.3 is 4.98 Å². The van der Waals surface area contributed by atoms with Gasteiger partial charge in [0.05, 0.1) is 0 Å². The van der Waals surface area contributed by atoms with Gasteiger partial charge in [-0.2, -0.15) is 0 Å². The smallest absolute Gasteiger partial charge is 0.0455 e. The molecule has 12 heavy (non-hydrogen) atoms. The van der Waals surface area contributed by atoms with Crippen LogP contribution in [0.1, 0.15) is 19.0 Å². The van der Waals surface area contributed by atoms with Crippen molar-refractivity contribution in [3.63, 3.8) is 0 Å². The maximum absolute atomic E-state index is 3.41. The zero-order valence-electron chi connectivity index (χ0n) is 7.30. The Hall–Kier alpha value is -1.24. The van der Waals surface area contributed by atoms with Crippen molar-refractivity contribution in [1.29, 1.82) is 0 Å². The lowest BCUT2D eigenvalue weighted by Gasteiger charge is -2.03. The second-order valence-electron chi connectivity index (χ2n) is 3.13. The Morgan fingerprint density at radius 1 is 1.17 bits per heavy atom. The summed E-state index contributed by atoms with van der Waals surface area (Å²) in [5.41, 5.74) is 3.88. The third-order valence-electron chi connectivity index (χ3n) is 2.13. The third kappa shape index (κ3) is 1.22. The molecule has 0 aromatic carbocycles. The average Bonchev–Trinajstić information content (AvgIpc) is 2.51. The van der Waals surface area contributed by atoms with Gasteiger partial charge in [-0.05, 0) is 24.1 Å². The van der Waals surface area contributed by atoms with Crippen molar-refractivity contribution in [3.05, 3.63) is 36.0 Å². The van der Waals surface area contributed by atoms with Crippen LogP contribution < -0.4 is 0 Å². The number of pyridine rings is 1. The molecule has 2 aliphatic rings. The summed E-state index contributed by atoms with van der Waals surface area (Å²) in [5.74, 6) is 0. The third-order valence-corrected chi connectivity index (χ3v) is 2.13. The molecule has 0 unspecified atom stereocenters. The molecule has 0 radical (unpaired) electrons. The number of aromatic nitrogens is 1. The minimum absolute atomic E-state index is 1.14. The van der Waals surface area contributed by atoms with Crippen LogP contribution in [-0.2, 0) is 6.42 Å². The molecule has 1 N–H and O–H groups in total. The second-order valence-corrected chi connectivity index (χ2v) is 3.13.